The van der Waals surface area contributed by atoms with E-state index in [1.807, 2.05) is 24.3 Å². The van der Waals surface area contributed by atoms with Crippen molar-refractivity contribution in [2.24, 2.45) is 5.92 Å². The fraction of sp³-hybridized carbons (Fsp3) is 0.391. The third kappa shape index (κ3) is 6.60. The number of rotatable bonds is 8. The van der Waals surface area contributed by atoms with E-state index in [1.165, 1.54) is 6.42 Å². The van der Waals surface area contributed by atoms with Crippen LogP contribution in [0.25, 0.3) is 0 Å². The normalized spacial score (nSPS) is 15.5. The average molecular weight is 460 g/mol. The van der Waals surface area contributed by atoms with Crippen molar-refractivity contribution in [1.82, 2.24) is 5.32 Å². The van der Waals surface area contributed by atoms with E-state index in [9.17, 15) is 14.7 Å². The highest BCUT2D eigenvalue weighted by atomic mass is 79.9. The summed E-state index contributed by atoms with van der Waals surface area (Å²) in [6.07, 6.45) is 6.09. The third-order valence-corrected chi connectivity index (χ3v) is 5.80. The van der Waals surface area contributed by atoms with Crippen LogP contribution in [0.2, 0.25) is 0 Å². The van der Waals surface area contributed by atoms with E-state index >= 15 is 0 Å². The Morgan fingerprint density at radius 1 is 1.10 bits per heavy atom. The molecule has 2 aromatic rings. The van der Waals surface area contributed by atoms with Gasteiger partial charge in [0.1, 0.15) is 18.4 Å². The topological polar surface area (TPSA) is 75.6 Å². The Bertz CT molecular complexity index is 831. The lowest BCUT2D eigenvalue weighted by molar-refractivity contribution is -0.139. The van der Waals surface area contributed by atoms with Gasteiger partial charge in [-0.2, -0.15) is 0 Å². The molecule has 29 heavy (non-hydrogen) atoms. The molecule has 2 N–H and O–H groups in total. The van der Waals surface area contributed by atoms with Gasteiger partial charge in [-0.25, -0.2) is 4.79 Å². The molecule has 3 rings (SSSR count). The van der Waals surface area contributed by atoms with Crippen molar-refractivity contribution in [2.75, 3.05) is 0 Å². The van der Waals surface area contributed by atoms with Crippen molar-refractivity contribution in [3.8, 4) is 5.75 Å². The van der Waals surface area contributed by atoms with Gasteiger partial charge in [0.05, 0.1) is 0 Å². The van der Waals surface area contributed by atoms with Gasteiger partial charge in [0, 0.05) is 10.0 Å². The van der Waals surface area contributed by atoms with Gasteiger partial charge in [0.15, 0.2) is 0 Å². The number of hydrogen-bond acceptors (Lipinski definition) is 3. The summed E-state index contributed by atoms with van der Waals surface area (Å²) in [6, 6.07) is 13.8. The van der Waals surface area contributed by atoms with Gasteiger partial charge in [0.25, 0.3) is 5.91 Å². The molecule has 0 spiro atoms. The van der Waals surface area contributed by atoms with E-state index in [0.717, 1.165) is 35.7 Å². The summed E-state index contributed by atoms with van der Waals surface area (Å²) in [7, 11) is 0. The Morgan fingerprint density at radius 2 is 1.83 bits per heavy atom. The summed E-state index contributed by atoms with van der Waals surface area (Å²) >= 11 is 3.43. The van der Waals surface area contributed by atoms with Crippen molar-refractivity contribution in [1.29, 1.82) is 0 Å². The maximum atomic E-state index is 12.5. The number of benzene rings is 2. The highest BCUT2D eigenvalue weighted by Gasteiger charge is 2.25. The molecule has 1 atom stereocenters. The SMILES string of the molecule is O=C(N[C@@H](CC1CCCCC1)C(=O)O)c1ccc(OCc2cccc(Br)c2)cc1. The number of carbonyl (C=O) groups is 2. The van der Waals surface area contributed by atoms with Crippen LogP contribution in [-0.4, -0.2) is 23.0 Å². The molecule has 1 aliphatic rings. The first-order valence-corrected chi connectivity index (χ1v) is 10.8. The maximum absolute atomic E-state index is 12.5. The van der Waals surface area contributed by atoms with Gasteiger partial charge < -0.3 is 15.2 Å². The number of nitrogens with one attached hydrogen (secondary N) is 1. The highest BCUT2D eigenvalue weighted by molar-refractivity contribution is 9.10. The number of halogens is 1. The second kappa shape index (κ2) is 10.4. The molecule has 1 aliphatic carbocycles. The first-order valence-electron chi connectivity index (χ1n) is 10.0. The van der Waals surface area contributed by atoms with Crippen LogP contribution in [0.5, 0.6) is 5.75 Å². The molecule has 0 heterocycles. The zero-order valence-corrected chi connectivity index (χ0v) is 17.9. The van der Waals surface area contributed by atoms with Crippen molar-refractivity contribution in [3.05, 3.63) is 64.1 Å². The number of amides is 1. The predicted octanol–water partition coefficient (Wildman–Crippen LogP) is 5.18. The number of carboxylic acids is 1. The molecule has 0 aliphatic heterocycles. The van der Waals surface area contributed by atoms with Crippen LogP contribution in [-0.2, 0) is 11.4 Å². The smallest absolute Gasteiger partial charge is 0.326 e. The molecule has 0 aromatic heterocycles. The molecule has 1 saturated carbocycles. The van der Waals surface area contributed by atoms with Crippen LogP contribution in [0.15, 0.2) is 53.0 Å². The predicted molar refractivity (Wildman–Crippen MR) is 115 cm³/mol. The summed E-state index contributed by atoms with van der Waals surface area (Å²) < 4.78 is 6.75. The molecular formula is C23H26BrNO4. The minimum absolute atomic E-state index is 0.369. The fourth-order valence-corrected chi connectivity index (χ4v) is 4.16. The van der Waals surface area contributed by atoms with Crippen molar-refractivity contribution < 1.29 is 19.4 Å². The van der Waals surface area contributed by atoms with E-state index in [-0.39, 0.29) is 5.91 Å². The average Bonchev–Trinajstić information content (AvgIpc) is 2.73. The lowest BCUT2D eigenvalue weighted by atomic mass is 9.85. The van der Waals surface area contributed by atoms with Crippen molar-refractivity contribution in [2.45, 2.75) is 51.2 Å². The van der Waals surface area contributed by atoms with E-state index in [0.29, 0.717) is 30.3 Å². The summed E-state index contributed by atoms with van der Waals surface area (Å²) in [6.45, 7) is 0.424. The summed E-state index contributed by atoms with van der Waals surface area (Å²) in [5.74, 6) is -0.317. The summed E-state index contributed by atoms with van der Waals surface area (Å²) in [4.78, 5) is 24.1. The Morgan fingerprint density at radius 3 is 2.48 bits per heavy atom. The molecule has 1 amide bonds. The number of carboxylic acid groups (broad SMARTS) is 1. The summed E-state index contributed by atoms with van der Waals surface area (Å²) in [5.41, 5.74) is 1.46. The van der Waals surface area contributed by atoms with Crippen molar-refractivity contribution in [3.63, 3.8) is 0 Å². The van der Waals surface area contributed by atoms with Crippen LogP contribution in [0, 0.1) is 5.92 Å². The molecular weight excluding hydrogens is 434 g/mol. The Labute approximate surface area is 179 Å². The van der Waals surface area contributed by atoms with E-state index in [2.05, 4.69) is 21.2 Å². The lowest BCUT2D eigenvalue weighted by Gasteiger charge is -2.25. The molecule has 5 nitrogen and oxygen atoms in total. The molecule has 6 heteroatoms. The summed E-state index contributed by atoms with van der Waals surface area (Å²) in [5, 5.41) is 12.2. The van der Waals surface area contributed by atoms with E-state index in [1.54, 1.807) is 24.3 Å². The van der Waals surface area contributed by atoms with Gasteiger partial charge in [0.2, 0.25) is 0 Å². The molecule has 2 aromatic carbocycles. The Kier molecular flexibility index (Phi) is 7.69. The van der Waals surface area contributed by atoms with E-state index < -0.39 is 12.0 Å². The Hall–Kier alpha value is -2.34. The van der Waals surface area contributed by atoms with Crippen LogP contribution in [0.4, 0.5) is 0 Å². The van der Waals surface area contributed by atoms with Crippen LogP contribution >= 0.6 is 15.9 Å². The first kappa shape index (κ1) is 21.4. The van der Waals surface area contributed by atoms with Gasteiger partial charge in [-0.1, -0.05) is 60.2 Å². The monoisotopic (exact) mass is 459 g/mol. The van der Waals surface area contributed by atoms with Crippen molar-refractivity contribution >= 4 is 27.8 Å². The second-order valence-electron chi connectivity index (χ2n) is 7.55. The minimum atomic E-state index is -0.974. The van der Waals surface area contributed by atoms with Gasteiger partial charge in [-0.3, -0.25) is 4.79 Å². The van der Waals surface area contributed by atoms with Crippen LogP contribution < -0.4 is 10.1 Å². The zero-order valence-electron chi connectivity index (χ0n) is 16.3. The quantitative estimate of drug-likeness (QED) is 0.569. The largest absolute Gasteiger partial charge is 0.489 e. The number of ether oxygens (including phenoxy) is 1. The molecule has 1 fully saturated rings. The first-order chi connectivity index (χ1) is 14.0. The van der Waals surface area contributed by atoms with Crippen LogP contribution in [0.1, 0.15) is 54.4 Å². The second-order valence-corrected chi connectivity index (χ2v) is 8.46. The van der Waals surface area contributed by atoms with Gasteiger partial charge >= 0.3 is 5.97 Å². The van der Waals surface area contributed by atoms with Crippen LogP contribution in [0.3, 0.4) is 0 Å². The fourth-order valence-electron chi connectivity index (χ4n) is 3.72. The molecule has 154 valence electrons. The van der Waals surface area contributed by atoms with E-state index in [4.69, 9.17) is 4.74 Å². The Balaban J connectivity index is 1.54. The molecule has 0 unspecified atom stereocenters. The zero-order chi connectivity index (χ0) is 20.6. The number of aliphatic carboxylic acids is 1. The standard InChI is InChI=1S/C23H26BrNO4/c24-19-8-4-7-17(13-19)15-29-20-11-9-18(10-12-20)22(26)25-21(23(27)28)14-16-5-2-1-3-6-16/h4,7-13,16,21H,1-3,5-6,14-15H2,(H,25,26)(H,27,28)/t21-/m0/s1. The molecule has 0 bridgehead atoms. The number of hydrogen-bond donors (Lipinski definition) is 2. The maximum Gasteiger partial charge on any atom is 0.326 e. The molecule has 0 saturated heterocycles. The minimum Gasteiger partial charge on any atom is -0.489 e. The van der Waals surface area contributed by atoms with Gasteiger partial charge in [-0.15, -0.1) is 0 Å². The van der Waals surface area contributed by atoms with Gasteiger partial charge in [-0.05, 0) is 54.3 Å². The highest BCUT2D eigenvalue weighted by Crippen LogP contribution is 2.27. The molecule has 0 radical (unpaired) electrons. The number of carbonyl (C=O) groups excluding carboxylic acids is 1. The third-order valence-electron chi connectivity index (χ3n) is 5.31. The lowest BCUT2D eigenvalue weighted by Crippen LogP contribution is -2.42.